The van der Waals surface area contributed by atoms with Crippen molar-refractivity contribution in [1.82, 2.24) is 10.2 Å². The van der Waals surface area contributed by atoms with E-state index in [4.69, 9.17) is 9.47 Å². The number of alkyl halides is 6. The van der Waals surface area contributed by atoms with Crippen LogP contribution >= 0.6 is 11.8 Å². The van der Waals surface area contributed by atoms with E-state index < -0.39 is 41.1 Å². The monoisotopic (exact) mass is 643 g/mol. The Kier molecular flexibility index (Phi) is 11.8. The second-order valence-corrected chi connectivity index (χ2v) is 11.4. The Morgan fingerprint density at radius 1 is 0.977 bits per heavy atom. The van der Waals surface area contributed by atoms with Gasteiger partial charge in [-0.2, -0.15) is 26.3 Å². The Balaban J connectivity index is 1.63. The summed E-state index contributed by atoms with van der Waals surface area (Å²) in [6, 6.07) is 9.27. The minimum absolute atomic E-state index is 0.0114. The van der Waals surface area contributed by atoms with Crippen molar-refractivity contribution in [3.63, 3.8) is 0 Å². The van der Waals surface area contributed by atoms with Crippen LogP contribution in [0, 0.1) is 0 Å². The van der Waals surface area contributed by atoms with Gasteiger partial charge in [-0.3, -0.25) is 0 Å². The van der Waals surface area contributed by atoms with Crippen molar-refractivity contribution in [3.05, 3.63) is 82.1 Å². The molecule has 1 atom stereocenters. The Hall–Kier alpha value is -3.03. The van der Waals surface area contributed by atoms with Gasteiger partial charge < -0.3 is 19.7 Å². The summed E-state index contributed by atoms with van der Waals surface area (Å²) in [4.78, 5) is 20.2. The summed E-state index contributed by atoms with van der Waals surface area (Å²) in [7, 11) is 0. The molecule has 6 nitrogen and oxygen atoms in total. The lowest BCUT2D eigenvalue weighted by atomic mass is 9.93. The number of esters is 1. The molecule has 0 radical (unpaired) electrons. The SMILES string of the molecule is CSC1=NC(c2cc(C(F)(F)F)cc(C(F)(F)F)c2)C(C(=O)OCCCc2ccccc2)=C(COCCN2CCCCC2)N1. The zero-order valence-electron chi connectivity index (χ0n) is 24.3. The van der Waals surface area contributed by atoms with Gasteiger partial charge in [-0.1, -0.05) is 48.5 Å². The van der Waals surface area contributed by atoms with Gasteiger partial charge in [-0.05, 0) is 74.4 Å². The van der Waals surface area contributed by atoms with Gasteiger partial charge in [-0.25, -0.2) is 9.79 Å². The highest BCUT2D eigenvalue weighted by Crippen LogP contribution is 2.41. The summed E-state index contributed by atoms with van der Waals surface area (Å²) >= 11 is 1.11. The van der Waals surface area contributed by atoms with Gasteiger partial charge in [0.1, 0.15) is 6.04 Å². The predicted molar refractivity (Wildman–Crippen MR) is 157 cm³/mol. The molecule has 2 aliphatic rings. The lowest BCUT2D eigenvalue weighted by Gasteiger charge is -2.29. The van der Waals surface area contributed by atoms with E-state index in [0.29, 0.717) is 38.1 Å². The molecule has 0 amide bonds. The molecule has 1 saturated heterocycles. The molecule has 2 aromatic rings. The van der Waals surface area contributed by atoms with Crippen LogP contribution in [0.15, 0.2) is 64.8 Å². The van der Waals surface area contributed by atoms with Gasteiger partial charge in [0, 0.05) is 6.54 Å². The van der Waals surface area contributed by atoms with E-state index in [1.807, 2.05) is 30.3 Å². The molecule has 4 rings (SSSR count). The number of hydrogen-bond donors (Lipinski definition) is 1. The van der Waals surface area contributed by atoms with Crippen molar-refractivity contribution in [2.24, 2.45) is 4.99 Å². The van der Waals surface area contributed by atoms with Crippen molar-refractivity contribution >= 4 is 22.9 Å². The fourth-order valence-corrected chi connectivity index (χ4v) is 5.56. The van der Waals surface area contributed by atoms with Gasteiger partial charge >= 0.3 is 18.3 Å². The van der Waals surface area contributed by atoms with Crippen LogP contribution in [0.3, 0.4) is 0 Å². The minimum atomic E-state index is -5.06. The Labute approximate surface area is 256 Å². The topological polar surface area (TPSA) is 63.2 Å². The number of likely N-dealkylation sites (tertiary alicyclic amines) is 1. The van der Waals surface area contributed by atoms with Gasteiger partial charge in [0.25, 0.3) is 0 Å². The largest absolute Gasteiger partial charge is 0.462 e. The molecule has 2 aromatic carbocycles. The highest BCUT2D eigenvalue weighted by atomic mass is 32.2. The van der Waals surface area contributed by atoms with Gasteiger partial charge in [0.15, 0.2) is 5.17 Å². The smallest absolute Gasteiger partial charge is 0.416 e. The molecule has 0 bridgehead atoms. The molecule has 240 valence electrons. The number of halogens is 6. The first kappa shape index (κ1) is 33.9. The number of ether oxygens (including phenoxy) is 2. The fraction of sp³-hybridized carbons (Fsp3) is 0.484. The molecule has 44 heavy (non-hydrogen) atoms. The molecule has 0 saturated carbocycles. The van der Waals surface area contributed by atoms with Crippen molar-refractivity contribution in [2.45, 2.75) is 50.5 Å². The lowest BCUT2D eigenvalue weighted by Crippen LogP contribution is -2.35. The number of carbonyl (C=O) groups is 1. The lowest BCUT2D eigenvalue weighted by molar-refractivity contribution is -0.143. The third-order valence-corrected chi connectivity index (χ3v) is 7.97. The van der Waals surface area contributed by atoms with Crippen LogP contribution in [0.1, 0.15) is 54.0 Å². The highest BCUT2D eigenvalue weighted by molar-refractivity contribution is 8.13. The maximum absolute atomic E-state index is 13.7. The van der Waals surface area contributed by atoms with E-state index in [-0.39, 0.29) is 35.7 Å². The van der Waals surface area contributed by atoms with Crippen molar-refractivity contribution in [1.29, 1.82) is 0 Å². The standard InChI is InChI=1S/C31H35F6N3O3S/c1-44-29-38-25(20-42-16-14-40-12-6-3-7-13-40)26(28(41)43-15-8-11-21-9-4-2-5-10-21)27(39-29)22-17-23(30(32,33)34)19-24(18-22)31(35,36)37/h2,4-5,9-10,17-19,27H,3,6-8,11-16,20H2,1H3,(H,38,39). The molecule has 2 aliphatic heterocycles. The number of benzene rings is 2. The Bertz CT molecular complexity index is 1290. The molecule has 2 heterocycles. The van der Waals surface area contributed by atoms with Crippen molar-refractivity contribution in [3.8, 4) is 0 Å². The van der Waals surface area contributed by atoms with Crippen molar-refractivity contribution < 1.29 is 40.6 Å². The average Bonchev–Trinajstić information content (AvgIpc) is 3.00. The maximum atomic E-state index is 13.7. The van der Waals surface area contributed by atoms with Crippen molar-refractivity contribution in [2.75, 3.05) is 45.7 Å². The second-order valence-electron chi connectivity index (χ2n) is 10.6. The zero-order chi connectivity index (χ0) is 31.7. The maximum Gasteiger partial charge on any atom is 0.416 e. The molecule has 0 spiro atoms. The third-order valence-electron chi connectivity index (χ3n) is 7.37. The molecule has 1 unspecified atom stereocenters. The fourth-order valence-electron chi connectivity index (χ4n) is 5.12. The van der Waals surface area contributed by atoms with Crippen LogP contribution in [-0.2, 0) is 33.0 Å². The molecular formula is C31H35F6N3O3S. The normalized spacial score (nSPS) is 18.2. The van der Waals surface area contributed by atoms with Crippen LogP contribution in [0.25, 0.3) is 0 Å². The number of nitrogens with zero attached hydrogens (tertiary/aromatic N) is 2. The quantitative estimate of drug-likeness (QED) is 0.161. The highest BCUT2D eigenvalue weighted by Gasteiger charge is 2.40. The molecule has 0 aromatic heterocycles. The number of carbonyl (C=O) groups excluding carboxylic acids is 1. The van der Waals surface area contributed by atoms with Gasteiger partial charge in [-0.15, -0.1) is 0 Å². The van der Waals surface area contributed by atoms with Gasteiger partial charge in [0.2, 0.25) is 0 Å². The van der Waals surface area contributed by atoms with Gasteiger partial charge in [0.05, 0.1) is 42.2 Å². The minimum Gasteiger partial charge on any atom is -0.462 e. The molecule has 1 fully saturated rings. The number of nitrogens with one attached hydrogen (secondary N) is 1. The molecule has 13 heteroatoms. The summed E-state index contributed by atoms with van der Waals surface area (Å²) in [6.07, 6.45) is -4.03. The van der Waals surface area contributed by atoms with E-state index in [9.17, 15) is 31.1 Å². The van der Waals surface area contributed by atoms with Crippen LogP contribution in [-0.4, -0.2) is 61.7 Å². The number of rotatable bonds is 11. The summed E-state index contributed by atoms with van der Waals surface area (Å²) in [5, 5.41) is 3.21. The first-order chi connectivity index (χ1) is 21.0. The number of thioether (sulfide) groups is 1. The van der Waals surface area contributed by atoms with E-state index in [2.05, 4.69) is 15.2 Å². The first-order valence-electron chi connectivity index (χ1n) is 14.4. The van der Waals surface area contributed by atoms with E-state index >= 15 is 0 Å². The zero-order valence-corrected chi connectivity index (χ0v) is 25.1. The van der Waals surface area contributed by atoms with Crippen LogP contribution in [0.2, 0.25) is 0 Å². The average molecular weight is 644 g/mol. The summed E-state index contributed by atoms with van der Waals surface area (Å²) in [6.45, 7) is 2.73. The van der Waals surface area contributed by atoms with E-state index in [0.717, 1.165) is 43.3 Å². The number of aryl methyl sites for hydroxylation is 1. The molecule has 0 aliphatic carbocycles. The number of hydrogen-bond acceptors (Lipinski definition) is 7. The second kappa shape index (κ2) is 15.3. The summed E-state index contributed by atoms with van der Waals surface area (Å²) in [5.41, 5.74) is -2.38. The van der Waals surface area contributed by atoms with Crippen LogP contribution in [0.4, 0.5) is 26.3 Å². The summed E-state index contributed by atoms with van der Waals surface area (Å²) < 4.78 is 93.8. The molecule has 1 N–H and O–H groups in total. The number of aliphatic imine (C=N–C) groups is 1. The number of amidine groups is 1. The molecular weight excluding hydrogens is 608 g/mol. The number of piperidine rings is 1. The van der Waals surface area contributed by atoms with Crippen LogP contribution < -0.4 is 5.32 Å². The third kappa shape index (κ3) is 9.48. The summed E-state index contributed by atoms with van der Waals surface area (Å²) in [5.74, 6) is -0.889. The van der Waals surface area contributed by atoms with E-state index in [1.54, 1.807) is 6.26 Å². The van der Waals surface area contributed by atoms with Crippen LogP contribution in [0.5, 0.6) is 0 Å². The predicted octanol–water partition coefficient (Wildman–Crippen LogP) is 7.02. The Morgan fingerprint density at radius 2 is 1.64 bits per heavy atom. The first-order valence-corrected chi connectivity index (χ1v) is 15.6. The van der Waals surface area contributed by atoms with E-state index in [1.165, 1.54) is 6.42 Å². The Morgan fingerprint density at radius 3 is 2.25 bits per heavy atom.